The second-order valence-corrected chi connectivity index (χ2v) is 7.29. The Kier molecular flexibility index (Phi) is 10.9. The molecule has 8 nitrogen and oxygen atoms in total. The molecule has 0 aliphatic heterocycles. The number of hydrogen-bond acceptors (Lipinski definition) is 8. The van der Waals surface area contributed by atoms with Crippen molar-refractivity contribution in [2.75, 3.05) is 27.9 Å². The largest absolute Gasteiger partial charge is 0.493 e. The summed E-state index contributed by atoms with van der Waals surface area (Å²) in [5, 5.41) is 9.11. The first-order valence-electron chi connectivity index (χ1n) is 11.0. The van der Waals surface area contributed by atoms with E-state index in [0.29, 0.717) is 23.7 Å². The highest BCUT2D eigenvalue weighted by Crippen LogP contribution is 2.30. The van der Waals surface area contributed by atoms with Crippen LogP contribution in [0.15, 0.2) is 48.0 Å². The van der Waals surface area contributed by atoms with Crippen molar-refractivity contribution in [1.29, 1.82) is 5.26 Å². The van der Waals surface area contributed by atoms with Gasteiger partial charge in [-0.1, -0.05) is 31.9 Å². The molecule has 0 aliphatic carbocycles. The summed E-state index contributed by atoms with van der Waals surface area (Å²) in [4.78, 5) is 24.0. The smallest absolute Gasteiger partial charge is 0.348 e. The van der Waals surface area contributed by atoms with Gasteiger partial charge >= 0.3 is 11.9 Å². The van der Waals surface area contributed by atoms with E-state index >= 15 is 0 Å². The highest BCUT2D eigenvalue weighted by atomic mass is 16.6. The fourth-order valence-electron chi connectivity index (χ4n) is 3.02. The molecule has 184 valence electrons. The third-order valence-corrected chi connectivity index (χ3v) is 4.84. The third-order valence-electron chi connectivity index (χ3n) is 4.84. The molecule has 2 aromatic rings. The van der Waals surface area contributed by atoms with Gasteiger partial charge in [-0.2, -0.15) is 5.26 Å². The van der Waals surface area contributed by atoms with Crippen LogP contribution in [0.4, 0.5) is 0 Å². The first-order valence-corrected chi connectivity index (χ1v) is 11.0. The van der Waals surface area contributed by atoms with Crippen LogP contribution in [0.3, 0.4) is 0 Å². The molecule has 0 heterocycles. The second kappa shape index (κ2) is 14.1. The SMILES string of the molecule is CCCCCOc1ccc(C=CC(=O)Oc2ccc(C=C(C#N)C(=O)OC)cc2OC)cc1OC. The molecule has 0 fully saturated rings. The van der Waals surface area contributed by atoms with E-state index in [1.807, 2.05) is 6.07 Å². The molecule has 0 N–H and O–H groups in total. The van der Waals surface area contributed by atoms with Gasteiger partial charge in [-0.3, -0.25) is 0 Å². The maximum absolute atomic E-state index is 12.4. The Bertz CT molecular complexity index is 1130. The predicted octanol–water partition coefficient (Wildman–Crippen LogP) is 4.97. The Morgan fingerprint density at radius 1 is 0.914 bits per heavy atom. The summed E-state index contributed by atoms with van der Waals surface area (Å²) in [5.41, 5.74) is 1.07. The van der Waals surface area contributed by atoms with E-state index in [9.17, 15) is 9.59 Å². The Labute approximate surface area is 205 Å². The number of nitrogens with zero attached hydrogens (tertiary/aromatic N) is 1. The standard InChI is InChI=1S/C27H29NO7/c1-5-6-7-14-34-22-11-8-19(16-24(22)31-2)10-13-26(29)35-23-12-9-20(17-25(23)32-3)15-21(18-28)27(30)33-4/h8-13,15-17H,5-7,14H2,1-4H3. The van der Waals surface area contributed by atoms with Crippen LogP contribution in [0.5, 0.6) is 23.0 Å². The molecule has 35 heavy (non-hydrogen) atoms. The summed E-state index contributed by atoms with van der Waals surface area (Å²) < 4.78 is 26.4. The van der Waals surface area contributed by atoms with Gasteiger partial charge in [-0.05, 0) is 54.0 Å². The van der Waals surface area contributed by atoms with E-state index < -0.39 is 11.9 Å². The van der Waals surface area contributed by atoms with Gasteiger partial charge in [0.1, 0.15) is 11.6 Å². The molecule has 0 saturated carbocycles. The molecule has 2 aromatic carbocycles. The Morgan fingerprint density at radius 2 is 1.57 bits per heavy atom. The van der Waals surface area contributed by atoms with Crippen molar-refractivity contribution in [3.63, 3.8) is 0 Å². The summed E-state index contributed by atoms with van der Waals surface area (Å²) >= 11 is 0. The average Bonchev–Trinajstić information content (AvgIpc) is 2.89. The van der Waals surface area contributed by atoms with Crippen LogP contribution in [-0.4, -0.2) is 39.9 Å². The van der Waals surface area contributed by atoms with E-state index in [1.165, 1.54) is 38.5 Å². The second-order valence-electron chi connectivity index (χ2n) is 7.29. The lowest BCUT2D eigenvalue weighted by molar-refractivity contribution is -0.135. The number of esters is 2. The van der Waals surface area contributed by atoms with Crippen LogP contribution < -0.4 is 18.9 Å². The molecular weight excluding hydrogens is 450 g/mol. The highest BCUT2D eigenvalue weighted by molar-refractivity contribution is 5.98. The normalized spacial score (nSPS) is 11.0. The number of rotatable bonds is 12. The van der Waals surface area contributed by atoms with E-state index in [0.717, 1.165) is 24.8 Å². The van der Waals surface area contributed by atoms with Gasteiger partial charge in [0.25, 0.3) is 0 Å². The minimum atomic E-state index is -0.750. The molecule has 0 amide bonds. The molecule has 0 spiro atoms. The number of unbranched alkanes of at least 4 members (excludes halogenated alkanes) is 2. The van der Waals surface area contributed by atoms with Crippen molar-refractivity contribution in [2.24, 2.45) is 0 Å². The first kappa shape index (κ1) is 27.0. The van der Waals surface area contributed by atoms with E-state index in [2.05, 4.69) is 11.7 Å². The van der Waals surface area contributed by atoms with Crippen molar-refractivity contribution in [3.05, 3.63) is 59.2 Å². The van der Waals surface area contributed by atoms with Crippen LogP contribution in [0.2, 0.25) is 0 Å². The zero-order valence-electron chi connectivity index (χ0n) is 20.3. The van der Waals surface area contributed by atoms with Gasteiger partial charge in [-0.15, -0.1) is 0 Å². The first-order chi connectivity index (χ1) is 16.9. The maximum atomic E-state index is 12.4. The third kappa shape index (κ3) is 8.23. The average molecular weight is 480 g/mol. The fraction of sp³-hybridized carbons (Fsp3) is 0.296. The molecule has 2 rings (SSSR count). The zero-order chi connectivity index (χ0) is 25.6. The maximum Gasteiger partial charge on any atom is 0.348 e. The van der Waals surface area contributed by atoms with Crippen LogP contribution >= 0.6 is 0 Å². The fourth-order valence-corrected chi connectivity index (χ4v) is 3.02. The highest BCUT2D eigenvalue weighted by Gasteiger charge is 2.12. The number of nitriles is 1. The molecule has 0 atom stereocenters. The van der Waals surface area contributed by atoms with Crippen molar-refractivity contribution in [3.8, 4) is 29.1 Å². The van der Waals surface area contributed by atoms with Gasteiger partial charge in [0, 0.05) is 6.08 Å². The predicted molar refractivity (Wildman–Crippen MR) is 131 cm³/mol. The molecule has 0 saturated heterocycles. The quantitative estimate of drug-likeness (QED) is 0.138. The van der Waals surface area contributed by atoms with Gasteiger partial charge in [0.2, 0.25) is 0 Å². The minimum absolute atomic E-state index is 0.171. The van der Waals surface area contributed by atoms with E-state index in [4.69, 9.17) is 24.2 Å². The van der Waals surface area contributed by atoms with Crippen molar-refractivity contribution < 1.29 is 33.3 Å². The number of benzene rings is 2. The van der Waals surface area contributed by atoms with Crippen LogP contribution in [-0.2, 0) is 14.3 Å². The zero-order valence-corrected chi connectivity index (χ0v) is 20.3. The lowest BCUT2D eigenvalue weighted by Gasteiger charge is -2.11. The number of ether oxygens (including phenoxy) is 5. The van der Waals surface area contributed by atoms with Gasteiger partial charge in [0.05, 0.1) is 27.9 Å². The van der Waals surface area contributed by atoms with Crippen molar-refractivity contribution >= 4 is 24.1 Å². The molecule has 0 radical (unpaired) electrons. The number of carbonyl (C=O) groups excluding carboxylic acids is 2. The van der Waals surface area contributed by atoms with Gasteiger partial charge in [-0.25, -0.2) is 9.59 Å². The summed E-state index contributed by atoms with van der Waals surface area (Å²) in [6.45, 7) is 2.75. The van der Waals surface area contributed by atoms with Crippen molar-refractivity contribution in [2.45, 2.75) is 26.2 Å². The molecular formula is C27H29NO7. The van der Waals surface area contributed by atoms with Gasteiger partial charge in [0.15, 0.2) is 23.0 Å². The summed E-state index contributed by atoms with van der Waals surface area (Å²) in [7, 11) is 4.17. The van der Waals surface area contributed by atoms with Crippen LogP contribution in [0, 0.1) is 11.3 Å². The minimum Gasteiger partial charge on any atom is -0.493 e. The summed E-state index contributed by atoms with van der Waals surface area (Å²) in [5.74, 6) is 0.302. The van der Waals surface area contributed by atoms with E-state index in [1.54, 1.807) is 37.5 Å². The van der Waals surface area contributed by atoms with E-state index in [-0.39, 0.29) is 17.1 Å². The number of methoxy groups -OCH3 is 3. The monoisotopic (exact) mass is 479 g/mol. The lowest BCUT2D eigenvalue weighted by Crippen LogP contribution is -2.05. The lowest BCUT2D eigenvalue weighted by atomic mass is 10.1. The van der Waals surface area contributed by atoms with Crippen molar-refractivity contribution in [1.82, 2.24) is 0 Å². The van der Waals surface area contributed by atoms with Gasteiger partial charge < -0.3 is 23.7 Å². The summed E-state index contributed by atoms with van der Waals surface area (Å²) in [6, 6.07) is 11.8. The molecule has 0 aromatic heterocycles. The molecule has 8 heteroatoms. The molecule has 0 bridgehead atoms. The van der Waals surface area contributed by atoms with Crippen LogP contribution in [0.1, 0.15) is 37.3 Å². The Morgan fingerprint density at radius 3 is 2.23 bits per heavy atom. The Balaban J connectivity index is 2.10. The number of hydrogen-bond donors (Lipinski definition) is 0. The topological polar surface area (TPSA) is 104 Å². The van der Waals surface area contributed by atoms with Crippen LogP contribution in [0.25, 0.3) is 12.2 Å². The molecule has 0 aliphatic rings. The Hall–Kier alpha value is -4.25. The molecule has 0 unspecified atom stereocenters. The number of carbonyl (C=O) groups is 2. The summed E-state index contributed by atoms with van der Waals surface area (Å²) in [6.07, 6.45) is 7.43.